The predicted molar refractivity (Wildman–Crippen MR) is 87.3 cm³/mol. The van der Waals surface area contributed by atoms with Crippen molar-refractivity contribution in [2.45, 2.75) is 20.0 Å². The maximum absolute atomic E-state index is 13.2. The van der Waals surface area contributed by atoms with Gasteiger partial charge < -0.3 is 10.6 Å². The summed E-state index contributed by atoms with van der Waals surface area (Å²) >= 11 is 5.75. The minimum atomic E-state index is -0.242. The van der Waals surface area contributed by atoms with Crippen molar-refractivity contribution in [3.05, 3.63) is 64.7 Å². The van der Waals surface area contributed by atoms with Gasteiger partial charge in [0.05, 0.1) is 6.54 Å². The SMILES string of the molecule is CCNC(=NCc1ccc(Cl)nc1)NCc1cccc(F)c1. The van der Waals surface area contributed by atoms with Gasteiger partial charge in [-0.25, -0.2) is 14.4 Å². The van der Waals surface area contributed by atoms with E-state index < -0.39 is 0 Å². The summed E-state index contributed by atoms with van der Waals surface area (Å²) in [5.74, 6) is 0.426. The summed E-state index contributed by atoms with van der Waals surface area (Å²) in [6.45, 7) is 3.72. The van der Waals surface area contributed by atoms with E-state index in [-0.39, 0.29) is 5.82 Å². The fourth-order valence-corrected chi connectivity index (χ4v) is 1.96. The number of rotatable bonds is 5. The van der Waals surface area contributed by atoms with Crippen LogP contribution in [0.1, 0.15) is 18.1 Å². The van der Waals surface area contributed by atoms with Crippen molar-refractivity contribution in [2.75, 3.05) is 6.54 Å². The molecule has 116 valence electrons. The molecule has 4 nitrogen and oxygen atoms in total. The van der Waals surface area contributed by atoms with Crippen LogP contribution in [-0.4, -0.2) is 17.5 Å². The summed E-state index contributed by atoms with van der Waals surface area (Å²) in [5.41, 5.74) is 1.83. The van der Waals surface area contributed by atoms with Crippen molar-refractivity contribution in [1.29, 1.82) is 0 Å². The van der Waals surface area contributed by atoms with Crippen LogP contribution >= 0.6 is 11.6 Å². The number of aromatic nitrogens is 1. The Morgan fingerprint density at radius 3 is 2.77 bits per heavy atom. The highest BCUT2D eigenvalue weighted by molar-refractivity contribution is 6.29. The van der Waals surface area contributed by atoms with Gasteiger partial charge in [-0.05, 0) is 36.2 Å². The Hall–Kier alpha value is -2.14. The highest BCUT2D eigenvalue weighted by atomic mass is 35.5. The van der Waals surface area contributed by atoms with Crippen LogP contribution in [0.2, 0.25) is 5.15 Å². The van der Waals surface area contributed by atoms with Crippen molar-refractivity contribution >= 4 is 17.6 Å². The molecule has 0 bridgehead atoms. The molecule has 0 saturated carbocycles. The van der Waals surface area contributed by atoms with Crippen molar-refractivity contribution in [1.82, 2.24) is 15.6 Å². The van der Waals surface area contributed by atoms with Gasteiger partial charge in [0.15, 0.2) is 5.96 Å². The van der Waals surface area contributed by atoms with E-state index in [1.165, 1.54) is 12.1 Å². The average Bonchev–Trinajstić information content (AvgIpc) is 2.52. The van der Waals surface area contributed by atoms with Gasteiger partial charge in [0.2, 0.25) is 0 Å². The second kappa shape index (κ2) is 8.34. The first kappa shape index (κ1) is 16.2. The van der Waals surface area contributed by atoms with Crippen LogP contribution in [0.3, 0.4) is 0 Å². The van der Waals surface area contributed by atoms with Crippen LogP contribution in [0.4, 0.5) is 4.39 Å². The molecule has 0 spiro atoms. The van der Waals surface area contributed by atoms with E-state index >= 15 is 0 Å². The van der Waals surface area contributed by atoms with Gasteiger partial charge in [-0.15, -0.1) is 0 Å². The van der Waals surface area contributed by atoms with Crippen LogP contribution in [-0.2, 0) is 13.1 Å². The Kier molecular flexibility index (Phi) is 6.15. The first-order chi connectivity index (χ1) is 10.7. The van der Waals surface area contributed by atoms with Crippen LogP contribution in [0.5, 0.6) is 0 Å². The molecule has 0 aliphatic carbocycles. The molecule has 0 fully saturated rings. The normalized spacial score (nSPS) is 11.3. The molecule has 0 saturated heterocycles. The maximum Gasteiger partial charge on any atom is 0.191 e. The first-order valence-electron chi connectivity index (χ1n) is 7.04. The molecule has 2 rings (SSSR count). The van der Waals surface area contributed by atoms with Crippen molar-refractivity contribution in [2.24, 2.45) is 4.99 Å². The zero-order valence-electron chi connectivity index (χ0n) is 12.3. The quantitative estimate of drug-likeness (QED) is 0.505. The summed E-state index contributed by atoms with van der Waals surface area (Å²) < 4.78 is 13.2. The Balaban J connectivity index is 1.96. The van der Waals surface area contributed by atoms with E-state index in [9.17, 15) is 4.39 Å². The molecule has 6 heteroatoms. The van der Waals surface area contributed by atoms with E-state index in [0.717, 1.165) is 17.7 Å². The lowest BCUT2D eigenvalue weighted by molar-refractivity contribution is 0.624. The Bertz CT molecular complexity index is 628. The zero-order valence-corrected chi connectivity index (χ0v) is 13.1. The van der Waals surface area contributed by atoms with Crippen LogP contribution < -0.4 is 10.6 Å². The Morgan fingerprint density at radius 1 is 1.23 bits per heavy atom. The molecule has 1 aromatic heterocycles. The van der Waals surface area contributed by atoms with Gasteiger partial charge in [-0.1, -0.05) is 29.8 Å². The molecule has 1 heterocycles. The van der Waals surface area contributed by atoms with Gasteiger partial charge in [0.1, 0.15) is 11.0 Å². The number of halogens is 2. The van der Waals surface area contributed by atoms with Gasteiger partial charge in [-0.3, -0.25) is 0 Å². The number of benzene rings is 1. The summed E-state index contributed by atoms with van der Waals surface area (Å²) in [6.07, 6.45) is 1.70. The number of pyridine rings is 1. The Labute approximate surface area is 134 Å². The second-order valence-corrected chi connectivity index (χ2v) is 5.06. The van der Waals surface area contributed by atoms with E-state index in [0.29, 0.717) is 24.2 Å². The van der Waals surface area contributed by atoms with Crippen molar-refractivity contribution < 1.29 is 4.39 Å². The third-order valence-electron chi connectivity index (χ3n) is 2.90. The summed E-state index contributed by atoms with van der Waals surface area (Å²) in [4.78, 5) is 8.49. The monoisotopic (exact) mass is 320 g/mol. The number of aliphatic imine (C=N–C) groups is 1. The lowest BCUT2D eigenvalue weighted by Crippen LogP contribution is -2.36. The lowest BCUT2D eigenvalue weighted by Gasteiger charge is -2.11. The Morgan fingerprint density at radius 2 is 2.09 bits per heavy atom. The molecule has 1 aromatic carbocycles. The minimum absolute atomic E-state index is 0.242. The molecule has 2 N–H and O–H groups in total. The smallest absolute Gasteiger partial charge is 0.191 e. The molecule has 0 atom stereocenters. The third kappa shape index (κ3) is 5.33. The molecule has 0 radical (unpaired) electrons. The van der Waals surface area contributed by atoms with E-state index in [1.54, 1.807) is 18.3 Å². The van der Waals surface area contributed by atoms with Gasteiger partial charge >= 0.3 is 0 Å². The zero-order chi connectivity index (χ0) is 15.8. The minimum Gasteiger partial charge on any atom is -0.357 e. The largest absolute Gasteiger partial charge is 0.357 e. The van der Waals surface area contributed by atoms with Crippen LogP contribution in [0.25, 0.3) is 0 Å². The fourth-order valence-electron chi connectivity index (χ4n) is 1.84. The molecule has 0 aliphatic rings. The summed E-state index contributed by atoms with van der Waals surface area (Å²) in [7, 11) is 0. The number of nitrogens with zero attached hydrogens (tertiary/aromatic N) is 2. The predicted octanol–water partition coefficient (Wildman–Crippen LogP) is 3.13. The highest BCUT2D eigenvalue weighted by Crippen LogP contribution is 2.06. The first-order valence-corrected chi connectivity index (χ1v) is 7.42. The van der Waals surface area contributed by atoms with Gasteiger partial charge in [0.25, 0.3) is 0 Å². The average molecular weight is 321 g/mol. The van der Waals surface area contributed by atoms with E-state index in [1.807, 2.05) is 19.1 Å². The van der Waals surface area contributed by atoms with E-state index in [4.69, 9.17) is 11.6 Å². The molecule has 0 unspecified atom stereocenters. The fraction of sp³-hybridized carbons (Fsp3) is 0.250. The second-order valence-electron chi connectivity index (χ2n) is 4.67. The number of guanidine groups is 1. The maximum atomic E-state index is 13.2. The topological polar surface area (TPSA) is 49.3 Å². The summed E-state index contributed by atoms with van der Waals surface area (Å²) in [6, 6.07) is 10.1. The molecule has 0 amide bonds. The van der Waals surface area contributed by atoms with Crippen molar-refractivity contribution in [3.63, 3.8) is 0 Å². The highest BCUT2D eigenvalue weighted by Gasteiger charge is 2.00. The molecule has 22 heavy (non-hydrogen) atoms. The third-order valence-corrected chi connectivity index (χ3v) is 3.13. The molecule has 2 aromatic rings. The number of hydrogen-bond acceptors (Lipinski definition) is 2. The molecular weight excluding hydrogens is 303 g/mol. The number of nitrogens with one attached hydrogen (secondary N) is 2. The lowest BCUT2D eigenvalue weighted by atomic mass is 10.2. The molecular formula is C16H18ClFN4. The van der Waals surface area contributed by atoms with Crippen LogP contribution in [0.15, 0.2) is 47.6 Å². The van der Waals surface area contributed by atoms with E-state index in [2.05, 4.69) is 20.6 Å². The van der Waals surface area contributed by atoms with Crippen molar-refractivity contribution in [3.8, 4) is 0 Å². The number of hydrogen-bond donors (Lipinski definition) is 2. The van der Waals surface area contributed by atoms with Gasteiger partial charge in [0, 0.05) is 19.3 Å². The standard InChI is InChI=1S/C16H18ClFN4/c1-2-19-16(21-9-12-4-3-5-14(18)8-12)22-11-13-6-7-15(17)20-10-13/h3-8,10H,2,9,11H2,1H3,(H2,19,21,22). The summed E-state index contributed by atoms with van der Waals surface area (Å²) in [5, 5.41) is 6.78. The molecule has 0 aliphatic heterocycles. The van der Waals surface area contributed by atoms with Crippen LogP contribution in [0, 0.1) is 5.82 Å². The van der Waals surface area contributed by atoms with Gasteiger partial charge in [-0.2, -0.15) is 0 Å².